The molecule has 1 atom stereocenters. The number of benzene rings is 1. The predicted molar refractivity (Wildman–Crippen MR) is 86.9 cm³/mol. The first-order chi connectivity index (χ1) is 11.4. The zero-order valence-electron chi connectivity index (χ0n) is 13.9. The SMILES string of the molecule is CCCC1=[C]([Zr+2][CH]2C(n3cnnn3)=Cc3ccccc32)CC=C1.[Cl-].[Cl-]. The second-order valence-electron chi connectivity index (χ2n) is 5.89. The second-order valence-corrected chi connectivity index (χ2v) is 9.50. The van der Waals surface area contributed by atoms with Gasteiger partial charge in [0.2, 0.25) is 0 Å². The van der Waals surface area contributed by atoms with E-state index in [2.05, 4.69) is 64.9 Å². The van der Waals surface area contributed by atoms with Gasteiger partial charge in [-0.05, 0) is 0 Å². The summed E-state index contributed by atoms with van der Waals surface area (Å²) in [7, 11) is 0. The Kier molecular flexibility index (Phi) is 7.36. The molecule has 2 aliphatic rings. The molecule has 2 aromatic rings. The third kappa shape index (κ3) is 4.05. The first-order valence-electron chi connectivity index (χ1n) is 8.06. The van der Waals surface area contributed by atoms with Crippen molar-refractivity contribution in [2.24, 2.45) is 0 Å². The van der Waals surface area contributed by atoms with E-state index in [-0.39, 0.29) is 24.8 Å². The summed E-state index contributed by atoms with van der Waals surface area (Å²) in [6.45, 7) is 2.26. The second kappa shape index (κ2) is 9.07. The van der Waals surface area contributed by atoms with Gasteiger partial charge in [-0.25, -0.2) is 0 Å². The van der Waals surface area contributed by atoms with Gasteiger partial charge < -0.3 is 24.8 Å². The van der Waals surface area contributed by atoms with Crippen molar-refractivity contribution in [1.29, 1.82) is 0 Å². The summed E-state index contributed by atoms with van der Waals surface area (Å²) in [5.41, 5.74) is 5.63. The van der Waals surface area contributed by atoms with Gasteiger partial charge in [0, 0.05) is 0 Å². The van der Waals surface area contributed by atoms with Crippen LogP contribution in [-0.4, -0.2) is 20.2 Å². The Morgan fingerprint density at radius 3 is 2.84 bits per heavy atom. The van der Waals surface area contributed by atoms with Gasteiger partial charge in [-0.2, -0.15) is 0 Å². The molecular formula is C18H18Cl2N4Zr. The molecule has 1 unspecified atom stereocenters. The molecule has 25 heavy (non-hydrogen) atoms. The summed E-state index contributed by atoms with van der Waals surface area (Å²) in [6.07, 6.45) is 12.3. The van der Waals surface area contributed by atoms with E-state index in [4.69, 9.17) is 0 Å². The number of allylic oxidation sites excluding steroid dienone is 5. The fraction of sp³-hybridized carbons (Fsp3) is 0.278. The molecule has 1 aromatic carbocycles. The van der Waals surface area contributed by atoms with Crippen LogP contribution in [0.4, 0.5) is 0 Å². The Morgan fingerprint density at radius 1 is 1.24 bits per heavy atom. The first kappa shape index (κ1) is 20.3. The van der Waals surface area contributed by atoms with Crippen molar-refractivity contribution in [3.8, 4) is 0 Å². The summed E-state index contributed by atoms with van der Waals surface area (Å²) < 4.78 is 4.09. The fourth-order valence-corrected chi connectivity index (χ4v) is 7.64. The molecule has 1 aromatic heterocycles. The van der Waals surface area contributed by atoms with Gasteiger partial charge in [-0.1, -0.05) is 0 Å². The van der Waals surface area contributed by atoms with Crippen LogP contribution in [0.3, 0.4) is 0 Å². The van der Waals surface area contributed by atoms with Crippen molar-refractivity contribution in [2.75, 3.05) is 0 Å². The Hall–Kier alpha value is -1.03. The minimum absolute atomic E-state index is 0. The molecule has 2 aliphatic carbocycles. The molecular weight excluding hydrogens is 434 g/mol. The van der Waals surface area contributed by atoms with Crippen molar-refractivity contribution >= 4 is 11.8 Å². The summed E-state index contributed by atoms with van der Waals surface area (Å²) in [4.78, 5) is 0. The van der Waals surface area contributed by atoms with E-state index in [1.807, 2.05) is 4.68 Å². The van der Waals surface area contributed by atoms with Gasteiger partial charge in [-0.15, -0.1) is 0 Å². The number of halogens is 2. The van der Waals surface area contributed by atoms with Crippen molar-refractivity contribution < 1.29 is 48.0 Å². The van der Waals surface area contributed by atoms with Crippen molar-refractivity contribution in [2.45, 2.75) is 29.8 Å². The summed E-state index contributed by atoms with van der Waals surface area (Å²) in [5.74, 6) is 0. The average molecular weight is 453 g/mol. The summed E-state index contributed by atoms with van der Waals surface area (Å²) in [5, 5.41) is 11.8. The van der Waals surface area contributed by atoms with Crippen LogP contribution in [-0.2, 0) is 23.2 Å². The molecule has 0 bridgehead atoms. The van der Waals surface area contributed by atoms with E-state index in [9.17, 15) is 0 Å². The molecule has 0 aliphatic heterocycles. The van der Waals surface area contributed by atoms with Crippen molar-refractivity contribution in [1.82, 2.24) is 20.2 Å². The maximum Gasteiger partial charge on any atom is -1.00 e. The van der Waals surface area contributed by atoms with Gasteiger partial charge in [0.15, 0.2) is 0 Å². The van der Waals surface area contributed by atoms with E-state index >= 15 is 0 Å². The Balaban J connectivity index is 0.00000113. The van der Waals surface area contributed by atoms with Crippen LogP contribution in [0.2, 0.25) is 0 Å². The zero-order chi connectivity index (χ0) is 15.6. The van der Waals surface area contributed by atoms with Crippen molar-refractivity contribution in [3.05, 3.63) is 62.7 Å². The first-order valence-corrected chi connectivity index (χ1v) is 10.7. The van der Waals surface area contributed by atoms with Gasteiger partial charge >= 0.3 is 148 Å². The van der Waals surface area contributed by atoms with Crippen LogP contribution < -0.4 is 24.8 Å². The van der Waals surface area contributed by atoms with Gasteiger partial charge in [0.25, 0.3) is 0 Å². The monoisotopic (exact) mass is 450 g/mol. The number of rotatable bonds is 5. The number of fused-ring (bicyclic) bond motifs is 1. The molecule has 0 fully saturated rings. The van der Waals surface area contributed by atoms with E-state index in [1.54, 1.807) is 15.2 Å². The Labute approximate surface area is 171 Å². The van der Waals surface area contributed by atoms with E-state index < -0.39 is 23.2 Å². The number of hydrogen-bond donors (Lipinski definition) is 0. The molecule has 0 saturated carbocycles. The third-order valence-corrected chi connectivity index (χ3v) is 8.73. The van der Waals surface area contributed by atoms with Crippen LogP contribution >= 0.6 is 0 Å². The Morgan fingerprint density at radius 2 is 2.08 bits per heavy atom. The van der Waals surface area contributed by atoms with Gasteiger partial charge in [0.05, 0.1) is 0 Å². The van der Waals surface area contributed by atoms with Crippen LogP contribution in [0.5, 0.6) is 0 Å². The van der Waals surface area contributed by atoms with E-state index in [1.165, 1.54) is 29.7 Å². The Bertz CT molecular complexity index is 812. The van der Waals surface area contributed by atoms with Crippen LogP contribution in [0.15, 0.2) is 51.6 Å². The normalized spacial score (nSPS) is 17.5. The smallest absolute Gasteiger partial charge is 1.00 e. The van der Waals surface area contributed by atoms with Gasteiger partial charge in [0.1, 0.15) is 0 Å². The molecule has 0 amide bonds. The average Bonchev–Trinajstić information content (AvgIpc) is 3.29. The molecule has 0 saturated heterocycles. The maximum absolute atomic E-state index is 4.14. The minimum atomic E-state index is -0.785. The van der Waals surface area contributed by atoms with Crippen molar-refractivity contribution in [3.63, 3.8) is 0 Å². The fourth-order valence-electron chi connectivity index (χ4n) is 3.32. The number of tetrazole rings is 1. The van der Waals surface area contributed by atoms with Crippen LogP contribution in [0.1, 0.15) is 40.9 Å². The molecule has 0 radical (unpaired) electrons. The zero-order valence-corrected chi connectivity index (χ0v) is 17.8. The summed E-state index contributed by atoms with van der Waals surface area (Å²) in [6, 6.07) is 8.74. The minimum Gasteiger partial charge on any atom is -1.00 e. The topological polar surface area (TPSA) is 43.6 Å². The van der Waals surface area contributed by atoms with Gasteiger partial charge in [-0.3, -0.25) is 0 Å². The predicted octanol–water partition coefficient (Wildman–Crippen LogP) is -2.17. The van der Waals surface area contributed by atoms with Crippen LogP contribution in [0.25, 0.3) is 11.8 Å². The van der Waals surface area contributed by atoms with E-state index in [0.29, 0.717) is 3.63 Å². The molecule has 1 heterocycles. The number of hydrogen-bond acceptors (Lipinski definition) is 3. The standard InChI is InChI=1S/C10H7N4.C8H11.2ClH.Zr/c1-2-4-9-6-10(5-8(9)3-1)14-7-11-12-13-14;1-2-5-8-6-3-4-7-8;;;/h1-7H;3,6H,2,4-5H2,1H3;2*1H;/q;;;;+2/p-2. The largest absolute Gasteiger partial charge is 1.00 e. The molecule has 7 heteroatoms. The maximum atomic E-state index is 4.14. The molecule has 128 valence electrons. The molecule has 4 rings (SSSR count). The third-order valence-electron chi connectivity index (χ3n) is 4.39. The van der Waals surface area contributed by atoms with E-state index in [0.717, 1.165) is 6.42 Å². The molecule has 4 nitrogen and oxygen atoms in total. The molecule has 0 spiro atoms. The number of aromatic nitrogens is 4. The number of nitrogens with zero attached hydrogens (tertiary/aromatic N) is 4. The quantitative estimate of drug-likeness (QED) is 0.519. The summed E-state index contributed by atoms with van der Waals surface area (Å²) >= 11 is -0.785. The van der Waals surface area contributed by atoms with Crippen LogP contribution in [0, 0.1) is 0 Å². The molecule has 0 N–H and O–H groups in total.